The Morgan fingerprint density at radius 1 is 0.757 bits per heavy atom. The van der Waals surface area contributed by atoms with Crippen molar-refractivity contribution in [3.05, 3.63) is 35.9 Å². The molecule has 0 saturated heterocycles. The lowest BCUT2D eigenvalue weighted by Gasteiger charge is -2.25. The highest BCUT2D eigenvalue weighted by Gasteiger charge is 2.33. The van der Waals surface area contributed by atoms with Crippen LogP contribution in [0.15, 0.2) is 30.3 Å². The summed E-state index contributed by atoms with van der Waals surface area (Å²) in [6.45, 7) is 11.4. The zero-order valence-corrected chi connectivity index (χ0v) is 22.5. The van der Waals surface area contributed by atoms with Crippen molar-refractivity contribution in [1.29, 1.82) is 0 Å². The van der Waals surface area contributed by atoms with Gasteiger partial charge in [-0.25, -0.2) is 9.59 Å². The van der Waals surface area contributed by atoms with E-state index in [0.717, 1.165) is 0 Å². The van der Waals surface area contributed by atoms with Crippen LogP contribution in [0.4, 0.5) is 4.79 Å². The fourth-order valence-corrected chi connectivity index (χ4v) is 2.92. The van der Waals surface area contributed by atoms with Crippen molar-refractivity contribution >= 4 is 29.9 Å². The van der Waals surface area contributed by atoms with E-state index in [4.69, 9.17) is 18.9 Å². The van der Waals surface area contributed by atoms with Crippen LogP contribution in [0, 0.1) is 0 Å². The van der Waals surface area contributed by atoms with Crippen molar-refractivity contribution < 1.29 is 42.9 Å². The number of hydrogen-bond donors (Lipinski definition) is 2. The van der Waals surface area contributed by atoms with E-state index in [-0.39, 0.29) is 13.2 Å². The van der Waals surface area contributed by atoms with Crippen LogP contribution in [-0.4, -0.2) is 59.8 Å². The average molecular weight is 523 g/mol. The third kappa shape index (κ3) is 13.9. The summed E-state index contributed by atoms with van der Waals surface area (Å²) >= 11 is 0. The van der Waals surface area contributed by atoms with E-state index >= 15 is 0 Å². The number of esters is 3. The van der Waals surface area contributed by atoms with Crippen LogP contribution in [0.1, 0.15) is 66.9 Å². The Balaban J connectivity index is 3.01. The Bertz CT molecular complexity index is 934. The van der Waals surface area contributed by atoms with Crippen molar-refractivity contribution in [2.24, 2.45) is 0 Å². The average Bonchev–Trinajstić information content (AvgIpc) is 2.75. The highest BCUT2D eigenvalue weighted by molar-refractivity contribution is 5.93. The molecule has 0 fully saturated rings. The molecule has 0 aliphatic rings. The standard InChI is InChI=1S/C26H38N2O9/c1-8-34-23(32)19(15-21(30)37-26(5,6)7)27-22(31)18(14-20(29)36-25(2,3)4)28-24(33)35-16-17-12-10-9-11-13-17/h9-13,18-19H,8,14-16H2,1-7H3,(H,27,31)(H,28,33). The van der Waals surface area contributed by atoms with Crippen LogP contribution >= 0.6 is 0 Å². The maximum absolute atomic E-state index is 13.1. The molecule has 0 aromatic heterocycles. The molecule has 11 nitrogen and oxygen atoms in total. The number of rotatable bonds is 11. The SMILES string of the molecule is CCOC(=O)C(CC(=O)OC(C)(C)C)NC(=O)C(CC(=O)OC(C)(C)C)NC(=O)OCc1ccccc1. The number of benzene rings is 1. The molecule has 0 heterocycles. The monoisotopic (exact) mass is 522 g/mol. The summed E-state index contributed by atoms with van der Waals surface area (Å²) in [6, 6.07) is 5.98. The summed E-state index contributed by atoms with van der Waals surface area (Å²) < 4.78 is 20.6. The second kappa shape index (κ2) is 14.2. The number of carbonyl (C=O) groups excluding carboxylic acids is 5. The molecule has 2 unspecified atom stereocenters. The second-order valence-electron chi connectivity index (χ2n) is 10.2. The van der Waals surface area contributed by atoms with Crippen molar-refractivity contribution in [1.82, 2.24) is 10.6 Å². The van der Waals surface area contributed by atoms with Gasteiger partial charge in [0, 0.05) is 0 Å². The number of hydrogen-bond acceptors (Lipinski definition) is 9. The molecule has 2 N–H and O–H groups in total. The zero-order valence-electron chi connectivity index (χ0n) is 22.5. The lowest BCUT2D eigenvalue weighted by molar-refractivity contribution is -0.160. The molecule has 206 valence electrons. The fourth-order valence-electron chi connectivity index (χ4n) is 2.92. The number of carbonyl (C=O) groups is 5. The first-order valence-electron chi connectivity index (χ1n) is 12.0. The summed E-state index contributed by atoms with van der Waals surface area (Å²) in [5.74, 6) is -3.30. The van der Waals surface area contributed by atoms with Crippen molar-refractivity contribution in [3.63, 3.8) is 0 Å². The summed E-state index contributed by atoms with van der Waals surface area (Å²) in [5.41, 5.74) is -0.940. The summed E-state index contributed by atoms with van der Waals surface area (Å²) in [7, 11) is 0. The van der Waals surface area contributed by atoms with E-state index < -0.39 is 66.0 Å². The van der Waals surface area contributed by atoms with Crippen molar-refractivity contribution in [3.8, 4) is 0 Å². The lowest BCUT2D eigenvalue weighted by atomic mass is 10.1. The molecule has 2 amide bonds. The maximum atomic E-state index is 13.1. The van der Waals surface area contributed by atoms with Gasteiger partial charge >= 0.3 is 24.0 Å². The van der Waals surface area contributed by atoms with E-state index in [2.05, 4.69) is 10.6 Å². The van der Waals surface area contributed by atoms with E-state index in [1.54, 1.807) is 72.7 Å². The quantitative estimate of drug-likeness (QED) is 0.331. The molecule has 0 saturated carbocycles. The van der Waals surface area contributed by atoms with Gasteiger partial charge in [-0.05, 0) is 54.0 Å². The minimum atomic E-state index is -1.46. The van der Waals surface area contributed by atoms with E-state index in [1.807, 2.05) is 6.07 Å². The largest absolute Gasteiger partial charge is 0.464 e. The van der Waals surface area contributed by atoms with Crippen molar-refractivity contribution in [2.45, 2.75) is 91.2 Å². The third-order valence-corrected chi connectivity index (χ3v) is 4.29. The molecule has 1 rings (SSSR count). The summed E-state index contributed by atoms with van der Waals surface area (Å²) in [4.78, 5) is 62.7. The van der Waals surface area contributed by atoms with E-state index in [0.29, 0.717) is 5.56 Å². The fraction of sp³-hybridized carbons (Fsp3) is 0.577. The number of amides is 2. The molecule has 0 radical (unpaired) electrons. The second-order valence-corrected chi connectivity index (χ2v) is 10.2. The van der Waals surface area contributed by atoms with Crippen LogP contribution in [0.5, 0.6) is 0 Å². The first-order chi connectivity index (χ1) is 17.1. The van der Waals surface area contributed by atoms with E-state index in [1.165, 1.54) is 0 Å². The number of alkyl carbamates (subject to hydrolysis) is 1. The molecule has 0 aliphatic carbocycles. The van der Waals surface area contributed by atoms with Gasteiger partial charge in [0.2, 0.25) is 5.91 Å². The minimum absolute atomic E-state index is 0.00488. The molecule has 0 spiro atoms. The van der Waals surface area contributed by atoms with Crippen molar-refractivity contribution in [2.75, 3.05) is 6.61 Å². The molecule has 0 aliphatic heterocycles. The topological polar surface area (TPSA) is 146 Å². The molecule has 1 aromatic carbocycles. The van der Waals surface area contributed by atoms with Gasteiger partial charge in [0.25, 0.3) is 0 Å². The van der Waals surface area contributed by atoms with Crippen LogP contribution in [0.3, 0.4) is 0 Å². The Hall–Kier alpha value is -3.63. The molecule has 0 bridgehead atoms. The Kier molecular flexibility index (Phi) is 12.0. The molecule has 2 atom stereocenters. The smallest absolute Gasteiger partial charge is 0.408 e. The van der Waals surface area contributed by atoms with Crippen LogP contribution in [0.2, 0.25) is 0 Å². The normalized spacial score (nSPS) is 12.9. The number of ether oxygens (including phenoxy) is 4. The van der Waals surface area contributed by atoms with Gasteiger partial charge in [-0.15, -0.1) is 0 Å². The zero-order chi connectivity index (χ0) is 28.2. The molecule has 37 heavy (non-hydrogen) atoms. The molecular weight excluding hydrogens is 484 g/mol. The van der Waals surface area contributed by atoms with Gasteiger partial charge in [0.15, 0.2) is 0 Å². The Morgan fingerprint density at radius 2 is 1.27 bits per heavy atom. The summed E-state index contributed by atoms with van der Waals surface area (Å²) in [6.07, 6.45) is -2.03. The van der Waals surface area contributed by atoms with Gasteiger partial charge in [-0.3, -0.25) is 14.4 Å². The highest BCUT2D eigenvalue weighted by Crippen LogP contribution is 2.12. The van der Waals surface area contributed by atoms with Gasteiger partial charge in [-0.2, -0.15) is 0 Å². The first-order valence-corrected chi connectivity index (χ1v) is 12.0. The molecule has 11 heteroatoms. The lowest BCUT2D eigenvalue weighted by Crippen LogP contribution is -2.53. The maximum Gasteiger partial charge on any atom is 0.408 e. The van der Waals surface area contributed by atoms with Crippen LogP contribution in [-0.2, 0) is 44.7 Å². The molecular formula is C26H38N2O9. The molecule has 1 aromatic rings. The Labute approximate surface area is 217 Å². The van der Waals surface area contributed by atoms with Gasteiger partial charge in [-0.1, -0.05) is 30.3 Å². The van der Waals surface area contributed by atoms with Gasteiger partial charge < -0.3 is 29.6 Å². The predicted molar refractivity (Wildman–Crippen MR) is 133 cm³/mol. The van der Waals surface area contributed by atoms with Gasteiger partial charge in [0.1, 0.15) is 29.9 Å². The van der Waals surface area contributed by atoms with Crippen LogP contribution in [0.25, 0.3) is 0 Å². The van der Waals surface area contributed by atoms with E-state index in [9.17, 15) is 24.0 Å². The van der Waals surface area contributed by atoms with Gasteiger partial charge in [0.05, 0.1) is 19.4 Å². The Morgan fingerprint density at radius 3 is 1.76 bits per heavy atom. The summed E-state index contributed by atoms with van der Waals surface area (Å²) in [5, 5.41) is 4.70. The van der Waals surface area contributed by atoms with Crippen LogP contribution < -0.4 is 10.6 Å². The first kappa shape index (κ1) is 31.4. The number of nitrogens with one attached hydrogen (secondary N) is 2. The third-order valence-electron chi connectivity index (χ3n) is 4.29. The predicted octanol–water partition coefficient (Wildman–Crippen LogP) is 2.79. The minimum Gasteiger partial charge on any atom is -0.464 e. The highest BCUT2D eigenvalue weighted by atomic mass is 16.6.